The molecule has 0 unspecified atom stereocenters. The molecule has 0 aliphatic heterocycles. The molecule has 0 N–H and O–H groups in total. The van der Waals surface area contributed by atoms with Crippen LogP contribution >= 0.6 is 11.6 Å². The van der Waals surface area contributed by atoms with Gasteiger partial charge in [0, 0.05) is 0 Å². The molecule has 1 nitrogen and oxygen atoms in total. The third-order valence-corrected chi connectivity index (χ3v) is 2.77. The van der Waals surface area contributed by atoms with E-state index in [9.17, 15) is 13.2 Å². The number of rotatable bonds is 3. The van der Waals surface area contributed by atoms with Crippen LogP contribution in [-0.4, -0.2) is 6.61 Å². The Morgan fingerprint density at radius 3 is 2.28 bits per heavy atom. The zero-order chi connectivity index (χ0) is 14.0. The summed E-state index contributed by atoms with van der Waals surface area (Å²) >= 11 is 5.70. The van der Waals surface area contributed by atoms with Gasteiger partial charge in [0.05, 0.1) is 17.2 Å². The molecule has 5 heteroatoms. The van der Waals surface area contributed by atoms with Crippen molar-refractivity contribution in [2.24, 2.45) is 5.41 Å². The molecular weight excluding hydrogens is 265 g/mol. The highest BCUT2D eigenvalue weighted by Gasteiger charge is 2.34. The third kappa shape index (κ3) is 4.41. The van der Waals surface area contributed by atoms with Gasteiger partial charge in [0.25, 0.3) is 0 Å². The summed E-state index contributed by atoms with van der Waals surface area (Å²) in [6.07, 6.45) is -3.72. The van der Waals surface area contributed by atoms with Gasteiger partial charge < -0.3 is 4.74 Å². The van der Waals surface area contributed by atoms with Gasteiger partial charge in [-0.05, 0) is 24.0 Å². The maximum Gasteiger partial charge on any atom is 0.417 e. The van der Waals surface area contributed by atoms with Crippen molar-refractivity contribution in [1.29, 1.82) is 0 Å². The summed E-state index contributed by atoms with van der Waals surface area (Å²) < 4.78 is 43.1. The highest BCUT2D eigenvalue weighted by atomic mass is 35.5. The van der Waals surface area contributed by atoms with E-state index in [1.165, 1.54) is 12.1 Å². The molecule has 0 amide bonds. The quantitative estimate of drug-likeness (QED) is 0.742. The minimum Gasteiger partial charge on any atom is -0.492 e. The minimum absolute atomic E-state index is 0.0636. The highest BCUT2D eigenvalue weighted by Crippen LogP contribution is 2.39. The van der Waals surface area contributed by atoms with Crippen LogP contribution in [0.5, 0.6) is 5.75 Å². The van der Waals surface area contributed by atoms with Crippen molar-refractivity contribution >= 4 is 11.6 Å². The van der Waals surface area contributed by atoms with Crippen LogP contribution < -0.4 is 4.74 Å². The van der Waals surface area contributed by atoms with E-state index in [4.69, 9.17) is 16.3 Å². The van der Waals surface area contributed by atoms with Crippen molar-refractivity contribution in [1.82, 2.24) is 0 Å². The average Bonchev–Trinajstić information content (AvgIpc) is 2.17. The summed E-state index contributed by atoms with van der Waals surface area (Å²) in [5.74, 6) is 0.0794. The molecule has 1 aromatic carbocycles. The maximum atomic E-state index is 12.6. The fourth-order valence-electron chi connectivity index (χ4n) is 1.31. The van der Waals surface area contributed by atoms with Crippen LogP contribution in [-0.2, 0) is 6.18 Å². The van der Waals surface area contributed by atoms with Crippen molar-refractivity contribution in [2.75, 3.05) is 6.61 Å². The van der Waals surface area contributed by atoms with Gasteiger partial charge in [0.15, 0.2) is 0 Å². The number of ether oxygens (including phenoxy) is 1. The van der Waals surface area contributed by atoms with Gasteiger partial charge in [-0.2, -0.15) is 13.2 Å². The fraction of sp³-hybridized carbons (Fsp3) is 0.538. The van der Waals surface area contributed by atoms with Gasteiger partial charge in [-0.15, -0.1) is 0 Å². The smallest absolute Gasteiger partial charge is 0.417 e. The van der Waals surface area contributed by atoms with E-state index in [1.54, 1.807) is 0 Å². The summed E-state index contributed by atoms with van der Waals surface area (Å²) in [7, 11) is 0. The normalized spacial score (nSPS) is 12.6. The third-order valence-electron chi connectivity index (χ3n) is 2.38. The molecule has 0 spiro atoms. The van der Waals surface area contributed by atoms with Crippen LogP contribution in [0.3, 0.4) is 0 Å². The molecule has 0 atom stereocenters. The number of benzene rings is 1. The summed E-state index contributed by atoms with van der Waals surface area (Å²) in [5.41, 5.74) is -0.800. The van der Waals surface area contributed by atoms with Crippen molar-refractivity contribution < 1.29 is 17.9 Å². The molecule has 0 saturated heterocycles. The van der Waals surface area contributed by atoms with Crippen molar-refractivity contribution in [3.63, 3.8) is 0 Å². The van der Waals surface area contributed by atoms with Crippen LogP contribution in [0.15, 0.2) is 18.2 Å². The van der Waals surface area contributed by atoms with E-state index in [2.05, 4.69) is 0 Å². The molecule has 1 rings (SSSR count). The molecule has 0 radical (unpaired) electrons. The molecule has 0 fully saturated rings. The van der Waals surface area contributed by atoms with E-state index < -0.39 is 11.7 Å². The summed E-state index contributed by atoms with van der Waals surface area (Å²) in [5, 5.41) is -0.376. The van der Waals surface area contributed by atoms with Crippen LogP contribution in [0.2, 0.25) is 5.02 Å². The van der Waals surface area contributed by atoms with Crippen molar-refractivity contribution in [2.45, 2.75) is 33.4 Å². The highest BCUT2D eigenvalue weighted by molar-refractivity contribution is 6.32. The van der Waals surface area contributed by atoms with Crippen molar-refractivity contribution in [3.8, 4) is 5.75 Å². The number of hydrogen-bond donors (Lipinski definition) is 0. The number of alkyl halides is 3. The van der Waals surface area contributed by atoms with Crippen LogP contribution in [0.4, 0.5) is 13.2 Å². The Kier molecular flexibility index (Phi) is 4.54. The topological polar surface area (TPSA) is 9.23 Å². The van der Waals surface area contributed by atoms with Gasteiger partial charge >= 0.3 is 6.18 Å². The molecule has 0 bridgehead atoms. The first-order valence-electron chi connectivity index (χ1n) is 5.60. The monoisotopic (exact) mass is 280 g/mol. The first-order valence-corrected chi connectivity index (χ1v) is 5.97. The summed E-state index contributed by atoms with van der Waals surface area (Å²) in [6.45, 7) is 6.43. The SMILES string of the molecule is CC(C)(C)CCOc1cccc(C(F)(F)F)c1Cl. The second kappa shape index (κ2) is 5.39. The molecule has 0 aliphatic rings. The Morgan fingerprint density at radius 1 is 1.17 bits per heavy atom. The van der Waals surface area contributed by atoms with Crippen LogP contribution in [0, 0.1) is 5.41 Å². The molecule has 0 saturated carbocycles. The predicted molar refractivity (Wildman–Crippen MR) is 66.0 cm³/mol. The minimum atomic E-state index is -4.46. The molecular formula is C13H16ClF3O. The number of halogens is 4. The molecule has 18 heavy (non-hydrogen) atoms. The molecule has 102 valence electrons. The van der Waals surface area contributed by atoms with Crippen molar-refractivity contribution in [3.05, 3.63) is 28.8 Å². The number of hydrogen-bond acceptors (Lipinski definition) is 1. The standard InChI is InChI=1S/C13H16ClF3O/c1-12(2,3)7-8-18-10-6-4-5-9(11(10)14)13(15,16)17/h4-6H,7-8H2,1-3H3. The van der Waals surface area contributed by atoms with Gasteiger partial charge in [-0.25, -0.2) is 0 Å². The van der Waals surface area contributed by atoms with E-state index in [0.717, 1.165) is 12.5 Å². The Balaban J connectivity index is 2.79. The second-order valence-electron chi connectivity index (χ2n) is 5.27. The Labute approximate surface area is 110 Å². The van der Waals surface area contributed by atoms with Gasteiger partial charge in [-0.3, -0.25) is 0 Å². The van der Waals surface area contributed by atoms with Gasteiger partial charge in [0.2, 0.25) is 0 Å². The van der Waals surface area contributed by atoms with E-state index in [-0.39, 0.29) is 16.2 Å². The average molecular weight is 281 g/mol. The second-order valence-corrected chi connectivity index (χ2v) is 5.65. The van der Waals surface area contributed by atoms with E-state index in [0.29, 0.717) is 6.61 Å². The molecule has 0 aliphatic carbocycles. The van der Waals surface area contributed by atoms with E-state index in [1.807, 2.05) is 20.8 Å². The Bertz CT molecular complexity index is 408. The van der Waals surface area contributed by atoms with Gasteiger partial charge in [0.1, 0.15) is 5.75 Å². The maximum absolute atomic E-state index is 12.6. The largest absolute Gasteiger partial charge is 0.492 e. The van der Waals surface area contributed by atoms with Gasteiger partial charge in [-0.1, -0.05) is 38.4 Å². The zero-order valence-electron chi connectivity index (χ0n) is 10.6. The Morgan fingerprint density at radius 2 is 1.78 bits per heavy atom. The lowest BCUT2D eigenvalue weighted by molar-refractivity contribution is -0.137. The molecule has 1 aromatic rings. The molecule has 0 aromatic heterocycles. The lowest BCUT2D eigenvalue weighted by atomic mass is 9.93. The first-order chi connectivity index (χ1) is 8.11. The van der Waals surface area contributed by atoms with Crippen LogP contribution in [0.1, 0.15) is 32.8 Å². The predicted octanol–water partition coefficient (Wildman–Crippen LogP) is 5.17. The lowest BCUT2D eigenvalue weighted by Gasteiger charge is -2.19. The summed E-state index contributed by atoms with van der Waals surface area (Å²) in [4.78, 5) is 0. The Hall–Kier alpha value is -0.900. The fourth-order valence-corrected chi connectivity index (χ4v) is 1.60. The van der Waals surface area contributed by atoms with E-state index >= 15 is 0 Å². The zero-order valence-corrected chi connectivity index (χ0v) is 11.3. The lowest BCUT2D eigenvalue weighted by Crippen LogP contribution is -2.12. The van der Waals surface area contributed by atoms with Crippen LogP contribution in [0.25, 0.3) is 0 Å². The molecule has 0 heterocycles. The first kappa shape index (κ1) is 15.2. The summed E-state index contributed by atoms with van der Waals surface area (Å²) in [6, 6.07) is 3.68.